The molecule has 0 aliphatic rings. The minimum Gasteiger partial charge on any atom is -0.359 e. The van der Waals surface area contributed by atoms with E-state index in [1.54, 1.807) is 6.07 Å². The van der Waals surface area contributed by atoms with Crippen molar-refractivity contribution in [2.45, 2.75) is 52.9 Å². The molecule has 2 rings (SSSR count). The van der Waals surface area contributed by atoms with Gasteiger partial charge in [0.1, 0.15) is 5.76 Å². The van der Waals surface area contributed by atoms with Crippen molar-refractivity contribution < 1.29 is 9.32 Å². The van der Waals surface area contributed by atoms with Crippen LogP contribution < -0.4 is 5.32 Å². The number of hydrogen-bond acceptors (Lipinski definition) is 3. The molecule has 0 fully saturated rings. The Balaban J connectivity index is 1.92. The number of hydrogen-bond donors (Lipinski definition) is 1. The summed E-state index contributed by atoms with van der Waals surface area (Å²) in [6.45, 7) is 10.3. The Morgan fingerprint density at radius 3 is 2.55 bits per heavy atom. The van der Waals surface area contributed by atoms with Crippen LogP contribution in [0.3, 0.4) is 0 Å². The van der Waals surface area contributed by atoms with Gasteiger partial charge in [0.25, 0.3) is 0 Å². The van der Waals surface area contributed by atoms with E-state index in [2.05, 4.69) is 42.5 Å². The van der Waals surface area contributed by atoms with E-state index < -0.39 is 0 Å². The molecular formula is C18H24N2O2. The quantitative estimate of drug-likeness (QED) is 0.922. The molecule has 0 radical (unpaired) electrons. The monoisotopic (exact) mass is 300 g/mol. The maximum absolute atomic E-state index is 12.0. The van der Waals surface area contributed by atoms with Gasteiger partial charge in [0.05, 0.1) is 0 Å². The summed E-state index contributed by atoms with van der Waals surface area (Å²) in [5.41, 5.74) is 3.55. The molecule has 118 valence electrons. The molecule has 4 nitrogen and oxygen atoms in total. The highest BCUT2D eigenvalue weighted by molar-refractivity contribution is 5.89. The summed E-state index contributed by atoms with van der Waals surface area (Å²) in [6.07, 6.45) is 1.16. The molecular weight excluding hydrogens is 276 g/mol. The molecule has 1 heterocycles. The van der Waals surface area contributed by atoms with Crippen LogP contribution in [0.1, 0.15) is 49.6 Å². The summed E-state index contributed by atoms with van der Waals surface area (Å²) in [5.74, 6) is 1.20. The van der Waals surface area contributed by atoms with E-state index in [9.17, 15) is 4.79 Å². The Kier molecular flexibility index (Phi) is 4.69. The molecule has 0 aliphatic carbocycles. The van der Waals surface area contributed by atoms with Crippen LogP contribution in [-0.2, 0) is 16.6 Å². The lowest BCUT2D eigenvalue weighted by atomic mass is 9.93. The standard InChI is InChI=1S/C18H24N2O2/c1-12-6-7-14(13(2)10-12)8-9-17(21)19-16-11-15(22-20-16)18(3,4)5/h6-7,10-11H,8-9H2,1-5H3,(H,19,20,21). The Hall–Kier alpha value is -2.10. The van der Waals surface area contributed by atoms with E-state index in [0.29, 0.717) is 12.2 Å². The van der Waals surface area contributed by atoms with Crippen molar-refractivity contribution >= 4 is 11.7 Å². The number of anilines is 1. The fourth-order valence-electron chi connectivity index (χ4n) is 2.27. The van der Waals surface area contributed by atoms with E-state index >= 15 is 0 Å². The molecule has 0 atom stereocenters. The molecule has 22 heavy (non-hydrogen) atoms. The number of aromatic nitrogens is 1. The average molecular weight is 300 g/mol. The fraction of sp³-hybridized carbons (Fsp3) is 0.444. The highest BCUT2D eigenvalue weighted by Crippen LogP contribution is 2.24. The number of aryl methyl sites for hydroxylation is 3. The fourth-order valence-corrected chi connectivity index (χ4v) is 2.27. The summed E-state index contributed by atoms with van der Waals surface area (Å²) in [7, 11) is 0. The van der Waals surface area contributed by atoms with Crippen LogP contribution in [0.4, 0.5) is 5.82 Å². The van der Waals surface area contributed by atoms with Crippen molar-refractivity contribution in [1.29, 1.82) is 0 Å². The van der Waals surface area contributed by atoms with Crippen molar-refractivity contribution in [3.05, 3.63) is 46.7 Å². The Labute approximate surface area is 131 Å². The van der Waals surface area contributed by atoms with Crippen LogP contribution in [-0.4, -0.2) is 11.1 Å². The molecule has 0 saturated carbocycles. The van der Waals surface area contributed by atoms with Crippen LogP contribution in [0.25, 0.3) is 0 Å². The lowest BCUT2D eigenvalue weighted by Gasteiger charge is -2.12. The first-order chi connectivity index (χ1) is 10.3. The van der Waals surface area contributed by atoms with Crippen molar-refractivity contribution in [3.8, 4) is 0 Å². The van der Waals surface area contributed by atoms with E-state index in [4.69, 9.17) is 4.52 Å². The van der Waals surface area contributed by atoms with E-state index in [0.717, 1.165) is 12.2 Å². The molecule has 2 aromatic rings. The molecule has 0 bridgehead atoms. The van der Waals surface area contributed by atoms with Gasteiger partial charge in [-0.3, -0.25) is 4.79 Å². The van der Waals surface area contributed by atoms with Gasteiger partial charge in [0.2, 0.25) is 5.91 Å². The van der Waals surface area contributed by atoms with Crippen LogP contribution in [0.5, 0.6) is 0 Å². The number of carbonyl (C=O) groups is 1. The van der Waals surface area contributed by atoms with Crippen molar-refractivity contribution in [1.82, 2.24) is 5.16 Å². The van der Waals surface area contributed by atoms with Crippen molar-refractivity contribution in [2.75, 3.05) is 5.32 Å². The third kappa shape index (κ3) is 4.20. The maximum atomic E-state index is 12.0. The predicted octanol–water partition coefficient (Wildman–Crippen LogP) is 4.16. The summed E-state index contributed by atoms with van der Waals surface area (Å²) in [5, 5.41) is 6.69. The van der Waals surface area contributed by atoms with Gasteiger partial charge in [-0.25, -0.2) is 0 Å². The second kappa shape index (κ2) is 6.34. The lowest BCUT2D eigenvalue weighted by molar-refractivity contribution is -0.116. The Morgan fingerprint density at radius 2 is 1.95 bits per heavy atom. The molecule has 1 amide bonds. The van der Waals surface area contributed by atoms with Crippen LogP contribution in [0.15, 0.2) is 28.8 Å². The second-order valence-corrected chi connectivity index (χ2v) is 6.80. The maximum Gasteiger partial charge on any atom is 0.225 e. The number of nitrogens with one attached hydrogen (secondary N) is 1. The molecule has 0 aliphatic heterocycles. The zero-order valence-corrected chi connectivity index (χ0v) is 14.0. The first-order valence-corrected chi connectivity index (χ1v) is 7.59. The Morgan fingerprint density at radius 1 is 1.23 bits per heavy atom. The van der Waals surface area contributed by atoms with Gasteiger partial charge >= 0.3 is 0 Å². The Bertz CT molecular complexity index is 666. The molecule has 1 N–H and O–H groups in total. The minimum absolute atomic E-state index is 0.0475. The number of amides is 1. The predicted molar refractivity (Wildman–Crippen MR) is 88.1 cm³/mol. The molecule has 1 aromatic carbocycles. The van der Waals surface area contributed by atoms with Crippen LogP contribution in [0, 0.1) is 13.8 Å². The molecule has 0 spiro atoms. The number of rotatable bonds is 4. The molecule has 0 unspecified atom stereocenters. The van der Waals surface area contributed by atoms with Gasteiger partial charge in [0.15, 0.2) is 5.82 Å². The van der Waals surface area contributed by atoms with Gasteiger partial charge in [-0.1, -0.05) is 49.7 Å². The number of benzene rings is 1. The summed E-state index contributed by atoms with van der Waals surface area (Å²) >= 11 is 0. The van der Waals surface area contributed by atoms with E-state index in [-0.39, 0.29) is 11.3 Å². The van der Waals surface area contributed by atoms with Gasteiger partial charge < -0.3 is 9.84 Å². The third-order valence-electron chi connectivity index (χ3n) is 3.64. The van der Waals surface area contributed by atoms with Gasteiger partial charge in [-0.15, -0.1) is 0 Å². The van der Waals surface area contributed by atoms with Crippen LogP contribution >= 0.6 is 0 Å². The van der Waals surface area contributed by atoms with Gasteiger partial charge in [0, 0.05) is 17.9 Å². The molecule has 1 aromatic heterocycles. The first kappa shape index (κ1) is 16.3. The van der Waals surface area contributed by atoms with Crippen molar-refractivity contribution in [2.24, 2.45) is 0 Å². The second-order valence-electron chi connectivity index (χ2n) is 6.80. The smallest absolute Gasteiger partial charge is 0.225 e. The van der Waals surface area contributed by atoms with E-state index in [1.165, 1.54) is 16.7 Å². The summed E-state index contributed by atoms with van der Waals surface area (Å²) in [6, 6.07) is 8.09. The van der Waals surface area contributed by atoms with Crippen LogP contribution in [0.2, 0.25) is 0 Å². The zero-order chi connectivity index (χ0) is 16.3. The lowest BCUT2D eigenvalue weighted by Crippen LogP contribution is -2.13. The highest BCUT2D eigenvalue weighted by atomic mass is 16.5. The van der Waals surface area contributed by atoms with Crippen molar-refractivity contribution in [3.63, 3.8) is 0 Å². The summed E-state index contributed by atoms with van der Waals surface area (Å²) < 4.78 is 5.26. The normalized spacial score (nSPS) is 11.5. The first-order valence-electron chi connectivity index (χ1n) is 7.59. The molecule has 0 saturated heterocycles. The van der Waals surface area contributed by atoms with E-state index in [1.807, 2.05) is 20.8 Å². The number of carbonyl (C=O) groups excluding carboxylic acids is 1. The minimum atomic E-state index is -0.116. The topological polar surface area (TPSA) is 55.1 Å². The summed E-state index contributed by atoms with van der Waals surface area (Å²) in [4.78, 5) is 12.0. The van der Waals surface area contributed by atoms with Gasteiger partial charge in [-0.2, -0.15) is 0 Å². The zero-order valence-electron chi connectivity index (χ0n) is 14.0. The third-order valence-corrected chi connectivity index (χ3v) is 3.64. The highest BCUT2D eigenvalue weighted by Gasteiger charge is 2.20. The molecule has 4 heteroatoms. The SMILES string of the molecule is Cc1ccc(CCC(=O)Nc2cc(C(C)(C)C)on2)c(C)c1. The van der Waals surface area contributed by atoms with Gasteiger partial charge in [-0.05, 0) is 31.4 Å². The number of nitrogens with zero attached hydrogens (tertiary/aromatic N) is 1. The largest absolute Gasteiger partial charge is 0.359 e. The average Bonchev–Trinajstić information content (AvgIpc) is 2.86.